The van der Waals surface area contributed by atoms with Crippen molar-refractivity contribution in [1.29, 1.82) is 0 Å². The third-order valence-electron chi connectivity index (χ3n) is 3.71. The van der Waals surface area contributed by atoms with Gasteiger partial charge in [0.15, 0.2) is 18.1 Å². The number of fused-ring (bicyclic) bond motifs is 1. The number of ether oxygens (including phenoxy) is 5. The van der Waals surface area contributed by atoms with Crippen LogP contribution in [0.3, 0.4) is 0 Å². The number of hydrogen-bond donors (Lipinski definition) is 0. The molecule has 27 heavy (non-hydrogen) atoms. The van der Waals surface area contributed by atoms with Crippen molar-refractivity contribution in [3.05, 3.63) is 52.1 Å². The summed E-state index contributed by atoms with van der Waals surface area (Å²) in [7, 11) is 1.31. The molecule has 3 rings (SSSR count). The standard InChI is InChI=1S/C18H17NO8/c1-23-16-9-13(3-4-14(16)19(21)22)26-11-18(20)27-10-12-2-5-15-17(8-12)25-7-6-24-15/h2-5,8-9H,6-7,10-11H2,1H3. The van der Waals surface area contributed by atoms with Crippen molar-refractivity contribution in [3.63, 3.8) is 0 Å². The number of carbonyl (C=O) groups is 1. The molecule has 0 saturated carbocycles. The zero-order valence-corrected chi connectivity index (χ0v) is 14.5. The first kappa shape index (κ1) is 18.3. The highest BCUT2D eigenvalue weighted by Gasteiger charge is 2.16. The number of carbonyl (C=O) groups excluding carboxylic acids is 1. The fourth-order valence-corrected chi connectivity index (χ4v) is 2.42. The largest absolute Gasteiger partial charge is 0.490 e. The topological polar surface area (TPSA) is 106 Å². The number of esters is 1. The van der Waals surface area contributed by atoms with E-state index in [0.29, 0.717) is 24.7 Å². The summed E-state index contributed by atoms with van der Waals surface area (Å²) in [5.41, 5.74) is 0.565. The highest BCUT2D eigenvalue weighted by Crippen LogP contribution is 2.31. The van der Waals surface area contributed by atoms with Gasteiger partial charge in [0.2, 0.25) is 5.75 Å². The number of nitro groups is 1. The van der Waals surface area contributed by atoms with Crippen LogP contribution in [0.4, 0.5) is 5.69 Å². The lowest BCUT2D eigenvalue weighted by Crippen LogP contribution is -2.16. The van der Waals surface area contributed by atoms with Crippen LogP contribution in [0.2, 0.25) is 0 Å². The molecule has 0 atom stereocenters. The van der Waals surface area contributed by atoms with Crippen LogP contribution in [0.25, 0.3) is 0 Å². The van der Waals surface area contributed by atoms with Gasteiger partial charge in [0.05, 0.1) is 12.0 Å². The van der Waals surface area contributed by atoms with Crippen molar-refractivity contribution in [3.8, 4) is 23.0 Å². The number of nitro benzene ring substituents is 1. The van der Waals surface area contributed by atoms with Crippen molar-refractivity contribution < 1.29 is 33.4 Å². The van der Waals surface area contributed by atoms with Gasteiger partial charge < -0.3 is 23.7 Å². The molecule has 9 nitrogen and oxygen atoms in total. The fourth-order valence-electron chi connectivity index (χ4n) is 2.42. The number of nitrogens with zero attached hydrogens (tertiary/aromatic N) is 1. The van der Waals surface area contributed by atoms with Crippen molar-refractivity contribution >= 4 is 11.7 Å². The van der Waals surface area contributed by atoms with E-state index in [4.69, 9.17) is 23.7 Å². The summed E-state index contributed by atoms with van der Waals surface area (Å²) in [5.74, 6) is 0.994. The van der Waals surface area contributed by atoms with Gasteiger partial charge in [-0.25, -0.2) is 4.79 Å². The molecular formula is C18H17NO8. The molecule has 0 saturated heterocycles. The van der Waals surface area contributed by atoms with E-state index in [1.807, 2.05) is 0 Å². The fraction of sp³-hybridized carbons (Fsp3) is 0.278. The molecule has 0 amide bonds. The first-order valence-corrected chi connectivity index (χ1v) is 8.06. The van der Waals surface area contributed by atoms with Crippen LogP contribution in [-0.2, 0) is 16.1 Å². The quantitative estimate of drug-likeness (QED) is 0.413. The predicted octanol–water partition coefficient (Wildman–Crippen LogP) is 2.50. The number of hydrogen-bond acceptors (Lipinski definition) is 8. The lowest BCUT2D eigenvalue weighted by molar-refractivity contribution is -0.385. The summed E-state index contributed by atoms with van der Waals surface area (Å²) in [4.78, 5) is 22.2. The van der Waals surface area contributed by atoms with Crippen LogP contribution in [-0.4, -0.2) is 37.8 Å². The zero-order valence-electron chi connectivity index (χ0n) is 14.5. The van der Waals surface area contributed by atoms with Gasteiger partial charge in [-0.2, -0.15) is 0 Å². The van der Waals surface area contributed by atoms with Gasteiger partial charge in [0.1, 0.15) is 25.6 Å². The van der Waals surface area contributed by atoms with E-state index in [1.165, 1.54) is 25.3 Å². The third kappa shape index (κ3) is 4.57. The molecule has 0 fully saturated rings. The Morgan fingerprint density at radius 3 is 2.67 bits per heavy atom. The highest BCUT2D eigenvalue weighted by atomic mass is 16.6. The van der Waals surface area contributed by atoms with Gasteiger partial charge in [-0.15, -0.1) is 0 Å². The predicted molar refractivity (Wildman–Crippen MR) is 92.4 cm³/mol. The SMILES string of the molecule is COc1cc(OCC(=O)OCc2ccc3c(c2)OCCO3)ccc1[N+](=O)[O-]. The average Bonchev–Trinajstić information content (AvgIpc) is 2.70. The van der Waals surface area contributed by atoms with Crippen LogP contribution >= 0.6 is 0 Å². The number of rotatable bonds is 7. The molecule has 2 aromatic rings. The van der Waals surface area contributed by atoms with Gasteiger partial charge in [-0.05, 0) is 23.8 Å². The van der Waals surface area contributed by atoms with E-state index in [9.17, 15) is 14.9 Å². The van der Waals surface area contributed by atoms with E-state index in [2.05, 4.69) is 0 Å². The minimum atomic E-state index is -0.581. The van der Waals surface area contributed by atoms with Crippen molar-refractivity contribution in [2.24, 2.45) is 0 Å². The van der Waals surface area contributed by atoms with Crippen LogP contribution < -0.4 is 18.9 Å². The lowest BCUT2D eigenvalue weighted by Gasteiger charge is -2.18. The van der Waals surface area contributed by atoms with Crippen LogP contribution in [0, 0.1) is 10.1 Å². The second-order valence-corrected chi connectivity index (χ2v) is 5.52. The molecule has 2 aromatic carbocycles. The Labute approximate surface area is 154 Å². The molecule has 0 aromatic heterocycles. The van der Waals surface area contributed by atoms with Crippen LogP contribution in [0.5, 0.6) is 23.0 Å². The molecule has 1 aliphatic heterocycles. The maximum atomic E-state index is 11.9. The van der Waals surface area contributed by atoms with Gasteiger partial charge in [-0.3, -0.25) is 10.1 Å². The van der Waals surface area contributed by atoms with E-state index >= 15 is 0 Å². The molecule has 0 aliphatic carbocycles. The molecule has 0 bridgehead atoms. The van der Waals surface area contributed by atoms with Crippen molar-refractivity contribution in [2.75, 3.05) is 26.9 Å². The molecular weight excluding hydrogens is 358 g/mol. The Kier molecular flexibility index (Phi) is 5.60. The second kappa shape index (κ2) is 8.26. The summed E-state index contributed by atoms with van der Waals surface area (Å²) < 4.78 is 26.3. The summed E-state index contributed by atoms with van der Waals surface area (Å²) in [6, 6.07) is 9.26. The first-order valence-electron chi connectivity index (χ1n) is 8.06. The molecule has 0 radical (unpaired) electrons. The van der Waals surface area contributed by atoms with Crippen molar-refractivity contribution in [2.45, 2.75) is 6.61 Å². The normalized spacial score (nSPS) is 12.2. The lowest BCUT2D eigenvalue weighted by atomic mass is 10.2. The van der Waals surface area contributed by atoms with Crippen LogP contribution in [0.1, 0.15) is 5.56 Å². The Morgan fingerprint density at radius 1 is 1.15 bits per heavy atom. The molecule has 0 N–H and O–H groups in total. The Bertz CT molecular complexity index is 851. The van der Waals surface area contributed by atoms with E-state index < -0.39 is 10.9 Å². The summed E-state index contributed by atoms with van der Waals surface area (Å²) in [5, 5.41) is 10.9. The number of benzene rings is 2. The second-order valence-electron chi connectivity index (χ2n) is 5.52. The van der Waals surface area contributed by atoms with Gasteiger partial charge in [-0.1, -0.05) is 6.07 Å². The van der Waals surface area contributed by atoms with Gasteiger partial charge >= 0.3 is 11.7 Å². The van der Waals surface area contributed by atoms with E-state index in [-0.39, 0.29) is 30.4 Å². The Balaban J connectivity index is 1.52. The zero-order chi connectivity index (χ0) is 19.2. The molecule has 0 unspecified atom stereocenters. The molecule has 9 heteroatoms. The minimum absolute atomic E-state index is 0.0437. The summed E-state index contributed by atoms with van der Waals surface area (Å²) in [6.07, 6.45) is 0. The molecule has 1 heterocycles. The number of methoxy groups -OCH3 is 1. The monoisotopic (exact) mass is 375 g/mol. The molecule has 0 spiro atoms. The minimum Gasteiger partial charge on any atom is -0.490 e. The van der Waals surface area contributed by atoms with E-state index in [0.717, 1.165) is 5.56 Å². The maximum absolute atomic E-state index is 11.9. The summed E-state index contributed by atoms with van der Waals surface area (Å²) in [6.45, 7) is 0.697. The van der Waals surface area contributed by atoms with Crippen LogP contribution in [0.15, 0.2) is 36.4 Å². The molecule has 142 valence electrons. The van der Waals surface area contributed by atoms with Gasteiger partial charge in [0.25, 0.3) is 0 Å². The van der Waals surface area contributed by atoms with E-state index in [1.54, 1.807) is 18.2 Å². The smallest absolute Gasteiger partial charge is 0.344 e. The van der Waals surface area contributed by atoms with Crippen molar-refractivity contribution in [1.82, 2.24) is 0 Å². The Hall–Kier alpha value is -3.49. The maximum Gasteiger partial charge on any atom is 0.344 e. The molecule has 1 aliphatic rings. The highest BCUT2D eigenvalue weighted by molar-refractivity contribution is 5.71. The average molecular weight is 375 g/mol. The van der Waals surface area contributed by atoms with Gasteiger partial charge in [0, 0.05) is 12.1 Å². The summed E-state index contributed by atoms with van der Waals surface area (Å²) >= 11 is 0. The third-order valence-corrected chi connectivity index (χ3v) is 3.71. The first-order chi connectivity index (χ1) is 13.1. The Morgan fingerprint density at radius 2 is 1.93 bits per heavy atom.